The van der Waals surface area contributed by atoms with Crippen LogP contribution in [0.3, 0.4) is 0 Å². The number of esters is 1. The number of nitrogens with one attached hydrogen (secondary N) is 1. The largest absolute Gasteiger partial charge is 0.494 e. The van der Waals surface area contributed by atoms with Gasteiger partial charge in [0.25, 0.3) is 5.91 Å². The van der Waals surface area contributed by atoms with Crippen molar-refractivity contribution in [3.05, 3.63) is 59.7 Å². The number of rotatable bonds is 8. The lowest BCUT2D eigenvalue weighted by molar-refractivity contribution is -0.137. The van der Waals surface area contributed by atoms with E-state index in [0.717, 1.165) is 37.1 Å². The molecule has 0 saturated heterocycles. The molecule has 1 N–H and O–H groups in total. The van der Waals surface area contributed by atoms with Gasteiger partial charge in [0.2, 0.25) is 0 Å². The molecule has 1 atom stereocenters. The van der Waals surface area contributed by atoms with E-state index in [1.54, 1.807) is 12.1 Å². The maximum atomic E-state index is 12.6. The number of benzene rings is 2. The summed E-state index contributed by atoms with van der Waals surface area (Å²) >= 11 is 0. The molecule has 29 heavy (non-hydrogen) atoms. The van der Waals surface area contributed by atoms with Crippen LogP contribution in [0.5, 0.6) is 5.75 Å². The number of carbonyl (C=O) groups excluding carboxylic acids is 2. The Bertz CT molecular complexity index is 817. The minimum atomic E-state index is -4.46. The second kappa shape index (κ2) is 9.95. The van der Waals surface area contributed by atoms with Gasteiger partial charge in [-0.15, -0.1) is 0 Å². The summed E-state index contributed by atoms with van der Waals surface area (Å²) in [6.07, 6.45) is -3.65. The molecule has 156 valence electrons. The van der Waals surface area contributed by atoms with Crippen LogP contribution in [-0.2, 0) is 15.7 Å². The van der Waals surface area contributed by atoms with Crippen LogP contribution in [0.15, 0.2) is 48.5 Å². The van der Waals surface area contributed by atoms with Gasteiger partial charge in [-0.05, 0) is 61.9 Å². The highest BCUT2D eigenvalue weighted by atomic mass is 19.4. The fraction of sp³-hybridized carbons (Fsp3) is 0.333. The molecule has 2 aromatic carbocycles. The van der Waals surface area contributed by atoms with Crippen molar-refractivity contribution in [2.75, 3.05) is 11.9 Å². The van der Waals surface area contributed by atoms with E-state index < -0.39 is 29.7 Å². The Hall–Kier alpha value is -3.03. The average Bonchev–Trinajstić information content (AvgIpc) is 2.68. The van der Waals surface area contributed by atoms with E-state index in [0.29, 0.717) is 12.4 Å². The number of anilines is 1. The molecule has 0 spiro atoms. The molecule has 0 aromatic heterocycles. The summed E-state index contributed by atoms with van der Waals surface area (Å²) in [6, 6.07) is 10.3. The van der Waals surface area contributed by atoms with Crippen LogP contribution in [-0.4, -0.2) is 24.6 Å². The SMILES string of the molecule is CCCCOc1ccc(C(=O)O[C@@H](C)C(=O)Nc2ccc(C(F)(F)F)cc2)cc1. The van der Waals surface area contributed by atoms with Crippen LogP contribution >= 0.6 is 0 Å². The second-order valence-electron chi connectivity index (χ2n) is 6.34. The minimum Gasteiger partial charge on any atom is -0.494 e. The Kier molecular flexibility index (Phi) is 7.64. The summed E-state index contributed by atoms with van der Waals surface area (Å²) < 4.78 is 48.3. The molecular weight excluding hydrogens is 387 g/mol. The van der Waals surface area contributed by atoms with Crippen molar-refractivity contribution in [1.82, 2.24) is 0 Å². The van der Waals surface area contributed by atoms with Crippen molar-refractivity contribution >= 4 is 17.6 Å². The molecule has 0 heterocycles. The van der Waals surface area contributed by atoms with E-state index in [9.17, 15) is 22.8 Å². The molecule has 0 aliphatic heterocycles. The highest BCUT2D eigenvalue weighted by Gasteiger charge is 2.30. The zero-order chi connectivity index (χ0) is 21.4. The smallest absolute Gasteiger partial charge is 0.416 e. The lowest BCUT2D eigenvalue weighted by Crippen LogP contribution is -2.30. The summed E-state index contributed by atoms with van der Waals surface area (Å²) in [4.78, 5) is 24.3. The number of amides is 1. The van der Waals surface area contributed by atoms with Crippen molar-refractivity contribution in [2.24, 2.45) is 0 Å². The van der Waals surface area contributed by atoms with Gasteiger partial charge in [-0.3, -0.25) is 4.79 Å². The Labute approximate surface area is 166 Å². The lowest BCUT2D eigenvalue weighted by atomic mass is 10.2. The van der Waals surface area contributed by atoms with E-state index in [4.69, 9.17) is 9.47 Å². The fourth-order valence-corrected chi connectivity index (χ4v) is 2.29. The zero-order valence-corrected chi connectivity index (χ0v) is 16.1. The van der Waals surface area contributed by atoms with Crippen molar-refractivity contribution in [1.29, 1.82) is 0 Å². The van der Waals surface area contributed by atoms with Gasteiger partial charge in [0.15, 0.2) is 6.10 Å². The Balaban J connectivity index is 1.89. The topological polar surface area (TPSA) is 64.6 Å². The third-order valence-electron chi connectivity index (χ3n) is 3.99. The van der Waals surface area contributed by atoms with E-state index in [1.165, 1.54) is 19.1 Å². The predicted molar refractivity (Wildman–Crippen MR) is 102 cm³/mol. The van der Waals surface area contributed by atoms with Gasteiger partial charge in [0.05, 0.1) is 17.7 Å². The molecule has 1 amide bonds. The Morgan fingerprint density at radius 2 is 1.66 bits per heavy atom. The highest BCUT2D eigenvalue weighted by molar-refractivity contribution is 5.97. The number of ether oxygens (including phenoxy) is 2. The van der Waals surface area contributed by atoms with Crippen LogP contribution in [0, 0.1) is 0 Å². The van der Waals surface area contributed by atoms with Crippen molar-refractivity contribution < 1.29 is 32.2 Å². The maximum Gasteiger partial charge on any atom is 0.416 e. The minimum absolute atomic E-state index is 0.166. The number of alkyl halides is 3. The molecule has 0 aliphatic rings. The number of hydrogen-bond acceptors (Lipinski definition) is 4. The monoisotopic (exact) mass is 409 g/mol. The van der Waals surface area contributed by atoms with Gasteiger partial charge in [0, 0.05) is 5.69 Å². The standard InChI is InChI=1S/C21H22F3NO4/c1-3-4-13-28-18-11-5-15(6-12-18)20(27)29-14(2)19(26)25-17-9-7-16(8-10-17)21(22,23)24/h5-12,14H,3-4,13H2,1-2H3,(H,25,26)/t14-/m0/s1. The molecule has 2 rings (SSSR count). The maximum absolute atomic E-state index is 12.6. The van der Waals surface area contributed by atoms with Crippen molar-refractivity contribution in [2.45, 2.75) is 39.0 Å². The Morgan fingerprint density at radius 3 is 2.21 bits per heavy atom. The number of halogens is 3. The molecule has 0 saturated carbocycles. The molecule has 8 heteroatoms. The third kappa shape index (κ3) is 6.81. The van der Waals surface area contributed by atoms with E-state index in [2.05, 4.69) is 12.2 Å². The summed E-state index contributed by atoms with van der Waals surface area (Å²) in [7, 11) is 0. The number of hydrogen-bond donors (Lipinski definition) is 1. The van der Waals surface area contributed by atoms with Gasteiger partial charge < -0.3 is 14.8 Å². The average molecular weight is 409 g/mol. The molecule has 0 unspecified atom stereocenters. The summed E-state index contributed by atoms with van der Waals surface area (Å²) in [5.41, 5.74) is -0.404. The third-order valence-corrected chi connectivity index (χ3v) is 3.99. The van der Waals surface area contributed by atoms with Gasteiger partial charge in [-0.2, -0.15) is 13.2 Å². The summed E-state index contributed by atoms with van der Waals surface area (Å²) in [5.74, 6) is -0.721. The zero-order valence-electron chi connectivity index (χ0n) is 16.1. The van der Waals surface area contributed by atoms with Gasteiger partial charge in [-0.25, -0.2) is 4.79 Å². The molecule has 5 nitrogen and oxygen atoms in total. The van der Waals surface area contributed by atoms with Crippen LogP contribution in [0.4, 0.5) is 18.9 Å². The van der Waals surface area contributed by atoms with Crippen LogP contribution in [0.25, 0.3) is 0 Å². The van der Waals surface area contributed by atoms with E-state index in [1.807, 2.05) is 0 Å². The number of carbonyl (C=O) groups is 2. The molecule has 0 aliphatic carbocycles. The quantitative estimate of drug-likeness (QED) is 0.489. The molecule has 0 radical (unpaired) electrons. The molecule has 0 bridgehead atoms. The summed E-state index contributed by atoms with van der Waals surface area (Å²) in [6.45, 7) is 4.01. The fourth-order valence-electron chi connectivity index (χ4n) is 2.29. The van der Waals surface area contributed by atoms with Crippen LogP contribution < -0.4 is 10.1 Å². The molecule has 2 aromatic rings. The van der Waals surface area contributed by atoms with E-state index in [-0.39, 0.29) is 11.3 Å². The van der Waals surface area contributed by atoms with Gasteiger partial charge >= 0.3 is 12.1 Å². The van der Waals surface area contributed by atoms with Crippen LogP contribution in [0.1, 0.15) is 42.6 Å². The van der Waals surface area contributed by atoms with Gasteiger partial charge in [0.1, 0.15) is 5.75 Å². The molecular formula is C21H22F3NO4. The second-order valence-corrected chi connectivity index (χ2v) is 6.34. The summed E-state index contributed by atoms with van der Waals surface area (Å²) in [5, 5.41) is 2.41. The first-order chi connectivity index (χ1) is 13.7. The van der Waals surface area contributed by atoms with Crippen molar-refractivity contribution in [3.8, 4) is 5.75 Å². The first-order valence-electron chi connectivity index (χ1n) is 9.12. The normalized spacial score (nSPS) is 12.2. The lowest BCUT2D eigenvalue weighted by Gasteiger charge is -2.14. The number of unbranched alkanes of at least 4 members (excludes halogenated alkanes) is 1. The van der Waals surface area contributed by atoms with Gasteiger partial charge in [-0.1, -0.05) is 13.3 Å². The Morgan fingerprint density at radius 1 is 1.03 bits per heavy atom. The first-order valence-corrected chi connectivity index (χ1v) is 9.12. The van der Waals surface area contributed by atoms with Crippen LogP contribution in [0.2, 0.25) is 0 Å². The van der Waals surface area contributed by atoms with Crippen molar-refractivity contribution in [3.63, 3.8) is 0 Å². The predicted octanol–water partition coefficient (Wildman–Crippen LogP) is 5.07. The first kappa shape index (κ1) is 22.3. The molecule has 0 fully saturated rings. The highest BCUT2D eigenvalue weighted by Crippen LogP contribution is 2.29. The van der Waals surface area contributed by atoms with E-state index >= 15 is 0 Å².